The van der Waals surface area contributed by atoms with Crippen molar-refractivity contribution >= 4 is 23.2 Å². The Morgan fingerprint density at radius 1 is 1.44 bits per heavy atom. The lowest BCUT2D eigenvalue weighted by atomic mass is 9.89. The van der Waals surface area contributed by atoms with E-state index in [0.717, 1.165) is 25.0 Å². The van der Waals surface area contributed by atoms with Crippen LogP contribution in [0.1, 0.15) is 43.0 Å². The van der Waals surface area contributed by atoms with Gasteiger partial charge in [0.25, 0.3) is 5.91 Å². The molecule has 1 aromatic rings. The van der Waals surface area contributed by atoms with Crippen molar-refractivity contribution in [3.8, 4) is 0 Å². The van der Waals surface area contributed by atoms with Crippen LogP contribution in [-0.2, 0) is 0 Å². The van der Waals surface area contributed by atoms with Gasteiger partial charge in [0.15, 0.2) is 0 Å². The summed E-state index contributed by atoms with van der Waals surface area (Å²) in [5.74, 6) is 0.265. The fraction of sp³-hybridized carbons (Fsp3) is 0.429. The van der Waals surface area contributed by atoms with Crippen LogP contribution in [-0.4, -0.2) is 11.6 Å². The highest BCUT2D eigenvalue weighted by Crippen LogP contribution is 2.20. The van der Waals surface area contributed by atoms with Gasteiger partial charge in [-0.05, 0) is 43.4 Å². The lowest BCUT2D eigenvalue weighted by Gasteiger charge is -2.19. The van der Waals surface area contributed by atoms with Crippen LogP contribution in [0.15, 0.2) is 29.4 Å². The number of hydrogen-bond donors (Lipinski definition) is 1. The van der Waals surface area contributed by atoms with Crippen molar-refractivity contribution in [3.63, 3.8) is 0 Å². The largest absolute Gasteiger partial charge is 0.271 e. The summed E-state index contributed by atoms with van der Waals surface area (Å²) in [5.41, 5.74) is 4.25. The van der Waals surface area contributed by atoms with Gasteiger partial charge in [0.05, 0.1) is 0 Å². The molecule has 0 heterocycles. The molecule has 4 heteroatoms. The maximum Gasteiger partial charge on any atom is 0.271 e. The van der Waals surface area contributed by atoms with Crippen molar-refractivity contribution < 1.29 is 4.79 Å². The third-order valence-corrected chi connectivity index (χ3v) is 3.51. The first-order valence-electron chi connectivity index (χ1n) is 6.29. The first-order chi connectivity index (χ1) is 8.66. The summed E-state index contributed by atoms with van der Waals surface area (Å²) in [6, 6.07) is 6.87. The minimum atomic E-state index is -0.206. The molecule has 0 bridgehead atoms. The number of carbonyl (C=O) groups is 1. The summed E-state index contributed by atoms with van der Waals surface area (Å²) in [7, 11) is 0. The zero-order chi connectivity index (χ0) is 13.0. The topological polar surface area (TPSA) is 41.5 Å². The van der Waals surface area contributed by atoms with Gasteiger partial charge in [-0.1, -0.05) is 31.0 Å². The molecule has 1 amide bonds. The number of amides is 1. The van der Waals surface area contributed by atoms with E-state index in [-0.39, 0.29) is 5.91 Å². The van der Waals surface area contributed by atoms with Gasteiger partial charge < -0.3 is 0 Å². The SMILES string of the molecule is C[C@H]1CCCC/C1=N/NC(=O)c1cccc(Cl)c1. The van der Waals surface area contributed by atoms with Crippen molar-refractivity contribution in [1.82, 2.24) is 5.43 Å². The zero-order valence-corrected chi connectivity index (χ0v) is 11.2. The number of nitrogens with one attached hydrogen (secondary N) is 1. The van der Waals surface area contributed by atoms with E-state index in [4.69, 9.17) is 11.6 Å². The molecular formula is C14H17ClN2O. The maximum atomic E-state index is 11.9. The minimum Gasteiger partial charge on any atom is -0.267 e. The first kappa shape index (κ1) is 13.1. The number of benzene rings is 1. The molecule has 18 heavy (non-hydrogen) atoms. The number of nitrogens with zero attached hydrogens (tertiary/aromatic N) is 1. The Labute approximate surface area is 112 Å². The predicted molar refractivity (Wildman–Crippen MR) is 74.0 cm³/mol. The van der Waals surface area contributed by atoms with Crippen LogP contribution in [0, 0.1) is 5.92 Å². The summed E-state index contributed by atoms with van der Waals surface area (Å²) in [5, 5.41) is 4.80. The van der Waals surface area contributed by atoms with Crippen LogP contribution in [0.2, 0.25) is 5.02 Å². The molecule has 0 unspecified atom stereocenters. The van der Waals surface area contributed by atoms with Crippen molar-refractivity contribution in [2.75, 3.05) is 0 Å². The van der Waals surface area contributed by atoms with Gasteiger partial charge in [0, 0.05) is 16.3 Å². The van der Waals surface area contributed by atoms with Crippen LogP contribution in [0.25, 0.3) is 0 Å². The van der Waals surface area contributed by atoms with Crippen LogP contribution in [0.3, 0.4) is 0 Å². The number of rotatable bonds is 2. The highest BCUT2D eigenvalue weighted by molar-refractivity contribution is 6.30. The highest BCUT2D eigenvalue weighted by atomic mass is 35.5. The molecule has 1 aliphatic rings. The van der Waals surface area contributed by atoms with E-state index in [1.165, 1.54) is 6.42 Å². The fourth-order valence-corrected chi connectivity index (χ4v) is 2.34. The summed E-state index contributed by atoms with van der Waals surface area (Å²) >= 11 is 5.85. The molecule has 1 N–H and O–H groups in total. The van der Waals surface area contributed by atoms with Crippen LogP contribution < -0.4 is 5.43 Å². The van der Waals surface area contributed by atoms with E-state index < -0.39 is 0 Å². The second kappa shape index (κ2) is 6.01. The number of halogens is 1. The lowest BCUT2D eigenvalue weighted by Crippen LogP contribution is -2.24. The fourth-order valence-electron chi connectivity index (χ4n) is 2.15. The molecule has 1 atom stereocenters. The molecule has 3 nitrogen and oxygen atoms in total. The van der Waals surface area contributed by atoms with Gasteiger partial charge in [-0.2, -0.15) is 5.10 Å². The van der Waals surface area contributed by atoms with E-state index in [1.807, 2.05) is 0 Å². The van der Waals surface area contributed by atoms with E-state index >= 15 is 0 Å². The average molecular weight is 265 g/mol. The lowest BCUT2D eigenvalue weighted by molar-refractivity contribution is 0.0954. The van der Waals surface area contributed by atoms with E-state index in [1.54, 1.807) is 24.3 Å². The normalized spacial score (nSPS) is 21.9. The average Bonchev–Trinajstić information content (AvgIpc) is 2.37. The third kappa shape index (κ3) is 3.33. The second-order valence-corrected chi connectivity index (χ2v) is 5.14. The molecule has 1 aliphatic carbocycles. The van der Waals surface area contributed by atoms with Gasteiger partial charge in [0.1, 0.15) is 0 Å². The Morgan fingerprint density at radius 2 is 2.28 bits per heavy atom. The monoisotopic (exact) mass is 264 g/mol. The molecule has 0 radical (unpaired) electrons. The summed E-state index contributed by atoms with van der Waals surface area (Å²) in [6.45, 7) is 2.16. The van der Waals surface area contributed by atoms with Crippen molar-refractivity contribution in [3.05, 3.63) is 34.9 Å². The molecule has 1 fully saturated rings. The summed E-state index contributed by atoms with van der Waals surface area (Å²) in [4.78, 5) is 11.9. The molecule has 1 saturated carbocycles. The summed E-state index contributed by atoms with van der Waals surface area (Å²) < 4.78 is 0. The van der Waals surface area contributed by atoms with E-state index in [2.05, 4.69) is 17.5 Å². The molecule has 0 saturated heterocycles. The smallest absolute Gasteiger partial charge is 0.267 e. The molecule has 2 rings (SSSR count). The molecule has 96 valence electrons. The Bertz CT molecular complexity index is 471. The summed E-state index contributed by atoms with van der Waals surface area (Å²) in [6.07, 6.45) is 4.56. The zero-order valence-electron chi connectivity index (χ0n) is 10.4. The molecule has 0 aromatic heterocycles. The third-order valence-electron chi connectivity index (χ3n) is 3.28. The Morgan fingerprint density at radius 3 is 3.00 bits per heavy atom. The Balaban J connectivity index is 2.01. The van der Waals surface area contributed by atoms with Crippen LogP contribution in [0.5, 0.6) is 0 Å². The van der Waals surface area contributed by atoms with Gasteiger partial charge >= 0.3 is 0 Å². The van der Waals surface area contributed by atoms with E-state index in [0.29, 0.717) is 16.5 Å². The van der Waals surface area contributed by atoms with Gasteiger partial charge in [-0.15, -0.1) is 0 Å². The predicted octanol–water partition coefficient (Wildman–Crippen LogP) is 3.64. The molecule has 0 spiro atoms. The first-order valence-corrected chi connectivity index (χ1v) is 6.67. The minimum absolute atomic E-state index is 0.206. The Hall–Kier alpha value is -1.35. The van der Waals surface area contributed by atoms with Crippen molar-refractivity contribution in [1.29, 1.82) is 0 Å². The number of hydrogen-bond acceptors (Lipinski definition) is 2. The van der Waals surface area contributed by atoms with Gasteiger partial charge in [0.2, 0.25) is 0 Å². The van der Waals surface area contributed by atoms with Crippen molar-refractivity contribution in [2.24, 2.45) is 11.0 Å². The second-order valence-electron chi connectivity index (χ2n) is 4.70. The number of carbonyl (C=O) groups excluding carboxylic acids is 1. The van der Waals surface area contributed by atoms with E-state index in [9.17, 15) is 4.79 Å². The van der Waals surface area contributed by atoms with Gasteiger partial charge in [-0.3, -0.25) is 4.79 Å². The van der Waals surface area contributed by atoms with Crippen LogP contribution in [0.4, 0.5) is 0 Å². The van der Waals surface area contributed by atoms with Gasteiger partial charge in [-0.25, -0.2) is 5.43 Å². The van der Waals surface area contributed by atoms with Crippen molar-refractivity contribution in [2.45, 2.75) is 32.6 Å². The van der Waals surface area contributed by atoms with Crippen LogP contribution >= 0.6 is 11.6 Å². The standard InChI is InChI=1S/C14H17ClN2O/c1-10-5-2-3-8-13(10)16-17-14(18)11-6-4-7-12(15)9-11/h4,6-7,9-10H,2-3,5,8H2,1H3,(H,17,18)/b16-13-/t10-/m0/s1. The quantitative estimate of drug-likeness (QED) is 0.814. The molecule has 0 aliphatic heterocycles. The highest BCUT2D eigenvalue weighted by Gasteiger charge is 2.16. The molecular weight excluding hydrogens is 248 g/mol. The number of hydrazone groups is 1. The Kier molecular flexibility index (Phi) is 4.37. The maximum absolute atomic E-state index is 11.9. The molecule has 1 aromatic carbocycles.